The van der Waals surface area contributed by atoms with Gasteiger partial charge in [0.1, 0.15) is 28.7 Å². The van der Waals surface area contributed by atoms with E-state index in [1.165, 1.54) is 17.8 Å². The fourth-order valence-corrected chi connectivity index (χ4v) is 7.67. The van der Waals surface area contributed by atoms with E-state index in [0.29, 0.717) is 33.3 Å². The summed E-state index contributed by atoms with van der Waals surface area (Å²) in [6, 6.07) is 8.36. The van der Waals surface area contributed by atoms with Crippen molar-refractivity contribution in [3.8, 4) is 11.1 Å². The van der Waals surface area contributed by atoms with E-state index in [9.17, 15) is 19.2 Å². The van der Waals surface area contributed by atoms with E-state index in [1.54, 1.807) is 29.3 Å². The van der Waals surface area contributed by atoms with Crippen molar-refractivity contribution in [3.63, 3.8) is 0 Å². The van der Waals surface area contributed by atoms with Crippen molar-refractivity contribution in [3.05, 3.63) is 69.1 Å². The number of halogens is 2. The number of alkyl halides is 1. The zero-order valence-electron chi connectivity index (χ0n) is 22.5. The first-order valence-corrected chi connectivity index (χ1v) is 16.3. The van der Waals surface area contributed by atoms with Gasteiger partial charge in [-0.05, 0) is 64.5 Å². The monoisotopic (exact) mass is 731 g/mol. The first kappa shape index (κ1) is 28.9. The summed E-state index contributed by atoms with van der Waals surface area (Å²) < 4.78 is 6.14. The minimum Gasteiger partial charge on any atom is -0.317 e. The molecule has 3 aromatic heterocycles. The van der Waals surface area contributed by atoms with Gasteiger partial charge < -0.3 is 15.2 Å². The van der Waals surface area contributed by atoms with Crippen LogP contribution in [0.1, 0.15) is 36.3 Å². The fourth-order valence-electron chi connectivity index (χ4n) is 5.08. The van der Waals surface area contributed by atoms with Crippen LogP contribution in [0.15, 0.2) is 52.1 Å². The number of Topliss-reactive ketones (excluding diaryl/α,β-unsaturated/α-hetero) is 1. The van der Waals surface area contributed by atoms with Gasteiger partial charge in [0.05, 0.1) is 9.57 Å². The first-order valence-electron chi connectivity index (χ1n) is 12.8. The second kappa shape index (κ2) is 11.7. The quantitative estimate of drug-likeness (QED) is 0.0960. The van der Waals surface area contributed by atoms with Crippen LogP contribution in [0.4, 0.5) is 5.82 Å². The number of rotatable bonds is 7. The Hall–Kier alpha value is -3.59. The molecule has 1 aliphatic heterocycles. The van der Waals surface area contributed by atoms with Crippen LogP contribution < -0.4 is 11.0 Å². The molecule has 5 rings (SSSR count). The van der Waals surface area contributed by atoms with Gasteiger partial charge in [-0.25, -0.2) is 14.8 Å². The molecule has 0 bridgehead atoms. The van der Waals surface area contributed by atoms with Crippen molar-refractivity contribution in [2.75, 3.05) is 5.32 Å². The molecule has 1 aromatic carbocycles. The predicted octanol–water partition coefficient (Wildman–Crippen LogP) is 4.06. The molecular formula is C28H27BrIN7O4. The van der Waals surface area contributed by atoms with Crippen molar-refractivity contribution in [1.82, 2.24) is 29.6 Å². The normalized spacial score (nSPS) is 18.5. The lowest BCUT2D eigenvalue weighted by Gasteiger charge is -2.28. The van der Waals surface area contributed by atoms with E-state index in [4.69, 9.17) is 0 Å². The number of carbonyl (C=O) groups excluding carboxylic acids is 3. The lowest BCUT2D eigenvalue weighted by atomic mass is 10.0. The van der Waals surface area contributed by atoms with Crippen LogP contribution in [0.3, 0.4) is 0 Å². The smallest absolute Gasteiger partial charge is 0.317 e. The number of hydrogen-bond acceptors (Lipinski definition) is 7. The van der Waals surface area contributed by atoms with E-state index in [-0.39, 0.29) is 39.8 Å². The standard InChI is InChI=1S/C28H27BrIN7O4/c1-14-5-8-22(29)33-26(14)34-27(40)21-9-15(2)25(30-4)37(21)23(39)13-36-20-7-6-17(18-11-31-28(41)32-12-18)10-19(20)24(35-36)16(3)38/h5-8,10-12,15,21,25H,4,9,13H2,1-3H3,(H,31,32,41)(H,33,34,40)/t15-,21-,25-/m0/s1. The minimum atomic E-state index is -0.683. The third kappa shape index (κ3) is 5.77. The number of aromatic amines is 1. The lowest BCUT2D eigenvalue weighted by molar-refractivity contribution is -0.137. The number of aromatic nitrogens is 5. The molecule has 13 heteroatoms. The average Bonchev–Trinajstić information content (AvgIpc) is 3.48. The molecule has 4 heterocycles. The molecule has 1 saturated heterocycles. The molecule has 0 unspecified atom stereocenters. The highest BCUT2D eigenvalue weighted by Gasteiger charge is 2.44. The van der Waals surface area contributed by atoms with Crippen LogP contribution in [0.2, 0.25) is 0 Å². The van der Waals surface area contributed by atoms with Crippen LogP contribution in [0.25, 0.3) is 22.0 Å². The van der Waals surface area contributed by atoms with Crippen molar-refractivity contribution >= 4 is 75.5 Å². The van der Waals surface area contributed by atoms with E-state index in [1.807, 2.05) is 26.0 Å². The molecule has 0 saturated carbocycles. The largest absolute Gasteiger partial charge is 0.344 e. The number of H-pyrrole nitrogens is 1. The predicted molar refractivity (Wildman–Crippen MR) is 168 cm³/mol. The number of amides is 2. The van der Waals surface area contributed by atoms with Crippen molar-refractivity contribution < 1.29 is 14.4 Å². The topological polar surface area (TPSA) is 143 Å². The molecule has 212 valence electrons. The Labute approximate surface area is 253 Å². The minimum absolute atomic E-state index is 0.104. The van der Waals surface area contributed by atoms with Crippen LogP contribution in [0.5, 0.6) is 0 Å². The summed E-state index contributed by atoms with van der Waals surface area (Å²) in [5.74, 6) is -0.270. The highest BCUT2D eigenvalue weighted by atomic mass is 127. The number of benzene rings is 1. The van der Waals surface area contributed by atoms with E-state index >= 15 is 0 Å². The van der Waals surface area contributed by atoms with Gasteiger partial charge in [0.15, 0.2) is 5.78 Å². The molecular weight excluding hydrogens is 705 g/mol. The molecule has 0 aliphatic carbocycles. The number of pyridine rings is 1. The Kier molecular flexibility index (Phi) is 8.27. The number of fused-ring (bicyclic) bond motifs is 1. The van der Waals surface area contributed by atoms with Gasteiger partial charge in [0.2, 0.25) is 11.8 Å². The summed E-state index contributed by atoms with van der Waals surface area (Å²) in [6.45, 7) is 5.17. The van der Waals surface area contributed by atoms with E-state index < -0.39 is 32.5 Å². The number of anilines is 1. The lowest BCUT2D eigenvalue weighted by Crippen LogP contribution is -2.47. The Morgan fingerprint density at radius 3 is 2.68 bits per heavy atom. The molecule has 11 nitrogen and oxygen atoms in total. The Bertz CT molecular complexity index is 1750. The number of likely N-dealkylation sites (tertiary alicyclic amines) is 1. The van der Waals surface area contributed by atoms with Gasteiger partial charge in [0, 0.05) is 30.3 Å². The number of ketones is 1. The number of nitrogens with zero attached hydrogens (tertiary/aromatic N) is 5. The van der Waals surface area contributed by atoms with E-state index in [2.05, 4.69) is 45.8 Å². The van der Waals surface area contributed by atoms with Gasteiger partial charge in [-0.15, -0.1) is 20.7 Å². The average molecular weight is 732 g/mol. The SMILES string of the molecule is C=I[C@@H]1[C@@H](C)C[C@@H](C(=O)Nc2nc(Br)ccc2C)N1C(=O)Cn1nc(C(C)=O)c2cc(-c3cnc(=O)[nH]c3)ccc21. The van der Waals surface area contributed by atoms with Crippen LogP contribution >= 0.6 is 36.7 Å². The van der Waals surface area contributed by atoms with Gasteiger partial charge in [0.25, 0.3) is 0 Å². The highest BCUT2D eigenvalue weighted by Crippen LogP contribution is 2.37. The molecule has 1 fully saturated rings. The number of aryl methyl sites for hydroxylation is 1. The van der Waals surface area contributed by atoms with Crippen molar-refractivity contribution in [2.45, 2.75) is 43.8 Å². The molecule has 2 amide bonds. The number of nitrogens with one attached hydrogen (secondary N) is 2. The number of hydrogen-bond donors (Lipinski definition) is 2. The molecule has 2 N–H and O–H groups in total. The molecule has 1 aliphatic rings. The van der Waals surface area contributed by atoms with Crippen molar-refractivity contribution in [2.24, 2.45) is 5.92 Å². The van der Waals surface area contributed by atoms with Gasteiger partial charge in [-0.3, -0.25) is 19.1 Å². The maximum absolute atomic E-state index is 13.9. The second-order valence-electron chi connectivity index (χ2n) is 9.95. The Morgan fingerprint density at radius 1 is 1.22 bits per heavy atom. The fraction of sp³-hybridized carbons (Fsp3) is 0.286. The Morgan fingerprint density at radius 2 is 2.00 bits per heavy atom. The van der Waals surface area contributed by atoms with Crippen LogP contribution in [-0.2, 0) is 16.1 Å². The van der Waals surface area contributed by atoms with Gasteiger partial charge >= 0.3 is 5.69 Å². The molecule has 0 radical (unpaired) electrons. The summed E-state index contributed by atoms with van der Waals surface area (Å²) in [7, 11) is 0. The first-order chi connectivity index (χ1) is 19.6. The molecule has 3 atom stereocenters. The summed E-state index contributed by atoms with van der Waals surface area (Å²) >= 11 is 2.69. The highest BCUT2D eigenvalue weighted by molar-refractivity contribution is 14.2. The Balaban J connectivity index is 1.46. The van der Waals surface area contributed by atoms with Crippen LogP contribution in [0, 0.1) is 12.8 Å². The summed E-state index contributed by atoms with van der Waals surface area (Å²) in [5.41, 5.74) is 2.59. The third-order valence-corrected chi connectivity index (χ3v) is 10.3. The van der Waals surface area contributed by atoms with Crippen molar-refractivity contribution in [1.29, 1.82) is 0 Å². The molecule has 41 heavy (non-hydrogen) atoms. The zero-order valence-corrected chi connectivity index (χ0v) is 26.3. The van der Waals surface area contributed by atoms with Gasteiger partial charge in [-0.2, -0.15) is 5.10 Å². The maximum atomic E-state index is 13.9. The summed E-state index contributed by atoms with van der Waals surface area (Å²) in [5, 5.41) is 7.99. The summed E-state index contributed by atoms with van der Waals surface area (Å²) in [6.07, 6.45) is 3.51. The van der Waals surface area contributed by atoms with Gasteiger partial charge in [-0.1, -0.05) is 23.6 Å². The van der Waals surface area contributed by atoms with Crippen LogP contribution in [-0.4, -0.2) is 61.8 Å². The molecule has 4 aromatic rings. The van der Waals surface area contributed by atoms with E-state index in [0.717, 1.165) is 11.1 Å². The summed E-state index contributed by atoms with van der Waals surface area (Å²) in [4.78, 5) is 63.6. The molecule has 0 spiro atoms. The maximum Gasteiger partial charge on any atom is 0.344 e. The number of carbonyl (C=O) groups is 3. The zero-order chi connectivity index (χ0) is 29.4. The third-order valence-electron chi connectivity index (χ3n) is 7.09. The second-order valence-corrected chi connectivity index (χ2v) is 12.9.